The lowest BCUT2D eigenvalue weighted by Crippen LogP contribution is -2.46. The first-order valence-corrected chi connectivity index (χ1v) is 7.56. The fourth-order valence-corrected chi connectivity index (χ4v) is 2.56. The van der Waals surface area contributed by atoms with Crippen LogP contribution in [0, 0.1) is 0 Å². The minimum atomic E-state index is -0.364. The molecule has 1 atom stereocenters. The summed E-state index contributed by atoms with van der Waals surface area (Å²) in [5.41, 5.74) is 7.25. The van der Waals surface area contributed by atoms with Crippen molar-refractivity contribution in [2.75, 3.05) is 19.6 Å². The molecule has 2 rings (SSSR count). The number of hydrogen-bond acceptors (Lipinski definition) is 3. The Labute approximate surface area is 121 Å². The van der Waals surface area contributed by atoms with Crippen molar-refractivity contribution in [3.05, 3.63) is 35.9 Å². The molecule has 1 heterocycles. The van der Waals surface area contributed by atoms with Crippen LogP contribution in [-0.4, -0.2) is 36.5 Å². The van der Waals surface area contributed by atoms with Crippen LogP contribution in [0.3, 0.4) is 0 Å². The fourth-order valence-electron chi connectivity index (χ4n) is 2.56. The van der Waals surface area contributed by atoms with Crippen molar-refractivity contribution in [3.63, 3.8) is 0 Å². The van der Waals surface area contributed by atoms with Gasteiger partial charge >= 0.3 is 0 Å². The molecule has 0 spiro atoms. The maximum absolute atomic E-state index is 12.1. The van der Waals surface area contributed by atoms with Gasteiger partial charge < -0.3 is 16.0 Å². The van der Waals surface area contributed by atoms with Gasteiger partial charge in [0.25, 0.3) is 0 Å². The third kappa shape index (κ3) is 4.62. The molecule has 0 bridgehead atoms. The summed E-state index contributed by atoms with van der Waals surface area (Å²) in [6.07, 6.45) is 4.16. The number of nitrogens with two attached hydrogens (primary N) is 1. The number of hydrogen-bond donors (Lipinski definition) is 2. The second kappa shape index (κ2) is 8.02. The Morgan fingerprint density at radius 2 is 1.90 bits per heavy atom. The van der Waals surface area contributed by atoms with Gasteiger partial charge in [-0.2, -0.15) is 0 Å². The molecule has 3 N–H and O–H groups in total. The van der Waals surface area contributed by atoms with E-state index in [0.29, 0.717) is 6.42 Å². The van der Waals surface area contributed by atoms with Gasteiger partial charge in [0, 0.05) is 19.6 Å². The Hall–Kier alpha value is -1.39. The molecule has 1 aliphatic rings. The summed E-state index contributed by atoms with van der Waals surface area (Å²) in [5.74, 6) is 0.117. The maximum Gasteiger partial charge on any atom is 0.239 e. The van der Waals surface area contributed by atoms with Crippen LogP contribution in [0.5, 0.6) is 0 Å². The van der Waals surface area contributed by atoms with Gasteiger partial charge in [0.15, 0.2) is 0 Å². The number of amides is 1. The summed E-state index contributed by atoms with van der Waals surface area (Å²) in [5, 5.41) is 3.34. The molecule has 1 fully saturated rings. The van der Waals surface area contributed by atoms with Crippen molar-refractivity contribution in [2.24, 2.45) is 5.73 Å². The van der Waals surface area contributed by atoms with E-state index in [-0.39, 0.29) is 11.9 Å². The standard InChI is InChI=1S/C16H25N3O/c17-15(16(20)19-11-5-2-6-12-19)9-10-18-13-14-7-3-1-4-8-14/h1,3-4,7-8,15,18H,2,5-6,9-13,17H2. The van der Waals surface area contributed by atoms with Gasteiger partial charge in [-0.3, -0.25) is 4.79 Å². The molecule has 0 saturated carbocycles. The van der Waals surface area contributed by atoms with Crippen LogP contribution < -0.4 is 11.1 Å². The number of carbonyl (C=O) groups is 1. The zero-order chi connectivity index (χ0) is 14.2. The van der Waals surface area contributed by atoms with E-state index < -0.39 is 0 Å². The minimum Gasteiger partial charge on any atom is -0.341 e. The number of carbonyl (C=O) groups excluding carboxylic acids is 1. The van der Waals surface area contributed by atoms with Crippen LogP contribution in [0.2, 0.25) is 0 Å². The lowest BCUT2D eigenvalue weighted by atomic mass is 10.1. The van der Waals surface area contributed by atoms with E-state index in [2.05, 4.69) is 17.4 Å². The fraction of sp³-hybridized carbons (Fsp3) is 0.562. The van der Waals surface area contributed by atoms with E-state index in [1.807, 2.05) is 23.1 Å². The molecule has 1 saturated heterocycles. The van der Waals surface area contributed by atoms with Gasteiger partial charge in [-0.15, -0.1) is 0 Å². The van der Waals surface area contributed by atoms with Crippen LogP contribution in [0.25, 0.3) is 0 Å². The first-order valence-electron chi connectivity index (χ1n) is 7.56. The molecule has 0 aliphatic carbocycles. The monoisotopic (exact) mass is 275 g/mol. The second-order valence-corrected chi connectivity index (χ2v) is 5.44. The summed E-state index contributed by atoms with van der Waals surface area (Å²) >= 11 is 0. The predicted molar refractivity (Wildman–Crippen MR) is 81.2 cm³/mol. The lowest BCUT2D eigenvalue weighted by Gasteiger charge is -2.29. The zero-order valence-electron chi connectivity index (χ0n) is 12.1. The lowest BCUT2D eigenvalue weighted by molar-refractivity contribution is -0.133. The average Bonchev–Trinajstić information content (AvgIpc) is 2.52. The number of likely N-dealkylation sites (tertiary alicyclic amines) is 1. The van der Waals surface area contributed by atoms with Crippen LogP contribution in [0.4, 0.5) is 0 Å². The normalized spacial score (nSPS) is 16.9. The van der Waals surface area contributed by atoms with Crippen molar-refractivity contribution in [1.82, 2.24) is 10.2 Å². The largest absolute Gasteiger partial charge is 0.341 e. The number of rotatable bonds is 6. The quantitative estimate of drug-likeness (QED) is 0.774. The molecule has 1 aliphatic heterocycles. The Bertz CT molecular complexity index is 401. The second-order valence-electron chi connectivity index (χ2n) is 5.44. The molecule has 4 heteroatoms. The highest BCUT2D eigenvalue weighted by Crippen LogP contribution is 2.10. The molecule has 0 radical (unpaired) electrons. The Kier molecular flexibility index (Phi) is 6.02. The summed E-state index contributed by atoms with van der Waals surface area (Å²) in [6.45, 7) is 3.36. The van der Waals surface area contributed by atoms with E-state index in [9.17, 15) is 4.79 Å². The molecular formula is C16H25N3O. The number of benzene rings is 1. The molecule has 20 heavy (non-hydrogen) atoms. The van der Waals surface area contributed by atoms with Gasteiger partial charge in [-0.05, 0) is 37.8 Å². The van der Waals surface area contributed by atoms with E-state index in [1.54, 1.807) is 0 Å². The van der Waals surface area contributed by atoms with Crippen LogP contribution >= 0.6 is 0 Å². The molecular weight excluding hydrogens is 250 g/mol. The van der Waals surface area contributed by atoms with E-state index in [0.717, 1.165) is 39.0 Å². The van der Waals surface area contributed by atoms with Crippen molar-refractivity contribution in [2.45, 2.75) is 38.3 Å². The smallest absolute Gasteiger partial charge is 0.239 e. The van der Waals surface area contributed by atoms with E-state index in [1.165, 1.54) is 12.0 Å². The van der Waals surface area contributed by atoms with E-state index >= 15 is 0 Å². The number of nitrogens with one attached hydrogen (secondary N) is 1. The van der Waals surface area contributed by atoms with E-state index in [4.69, 9.17) is 5.73 Å². The SMILES string of the molecule is NC(CCNCc1ccccc1)C(=O)N1CCCCC1. The summed E-state index contributed by atoms with van der Waals surface area (Å²) in [7, 11) is 0. The summed E-state index contributed by atoms with van der Waals surface area (Å²) in [6, 6.07) is 9.89. The van der Waals surface area contributed by atoms with Crippen molar-refractivity contribution in [1.29, 1.82) is 0 Å². The van der Waals surface area contributed by atoms with Crippen LogP contribution in [0.15, 0.2) is 30.3 Å². The first-order chi connectivity index (χ1) is 9.77. The van der Waals surface area contributed by atoms with Gasteiger partial charge in [-0.25, -0.2) is 0 Å². The minimum absolute atomic E-state index is 0.117. The highest BCUT2D eigenvalue weighted by atomic mass is 16.2. The first kappa shape index (κ1) is 15.0. The third-order valence-electron chi connectivity index (χ3n) is 3.79. The van der Waals surface area contributed by atoms with Crippen molar-refractivity contribution < 1.29 is 4.79 Å². The molecule has 1 amide bonds. The van der Waals surface area contributed by atoms with Gasteiger partial charge in [-0.1, -0.05) is 30.3 Å². The van der Waals surface area contributed by atoms with Gasteiger partial charge in [0.1, 0.15) is 0 Å². The summed E-state index contributed by atoms with van der Waals surface area (Å²) < 4.78 is 0. The number of nitrogens with zero attached hydrogens (tertiary/aromatic N) is 1. The zero-order valence-corrected chi connectivity index (χ0v) is 12.1. The van der Waals surface area contributed by atoms with Gasteiger partial charge in [0.2, 0.25) is 5.91 Å². The average molecular weight is 275 g/mol. The molecule has 110 valence electrons. The topological polar surface area (TPSA) is 58.4 Å². The molecule has 4 nitrogen and oxygen atoms in total. The Morgan fingerprint density at radius 3 is 2.60 bits per heavy atom. The van der Waals surface area contributed by atoms with Crippen molar-refractivity contribution in [3.8, 4) is 0 Å². The predicted octanol–water partition coefficient (Wildman–Crippen LogP) is 1.51. The molecule has 1 aromatic rings. The third-order valence-corrected chi connectivity index (χ3v) is 3.79. The number of piperidine rings is 1. The molecule has 1 unspecified atom stereocenters. The Balaban J connectivity index is 1.64. The van der Waals surface area contributed by atoms with Crippen molar-refractivity contribution >= 4 is 5.91 Å². The maximum atomic E-state index is 12.1. The Morgan fingerprint density at radius 1 is 1.20 bits per heavy atom. The van der Waals surface area contributed by atoms with Crippen LogP contribution in [0.1, 0.15) is 31.2 Å². The summed E-state index contributed by atoms with van der Waals surface area (Å²) in [4.78, 5) is 14.1. The van der Waals surface area contributed by atoms with Gasteiger partial charge in [0.05, 0.1) is 6.04 Å². The highest BCUT2D eigenvalue weighted by molar-refractivity contribution is 5.81. The van der Waals surface area contributed by atoms with Crippen LogP contribution in [-0.2, 0) is 11.3 Å². The molecule has 1 aromatic carbocycles. The highest BCUT2D eigenvalue weighted by Gasteiger charge is 2.21. The molecule has 0 aromatic heterocycles.